The van der Waals surface area contributed by atoms with E-state index >= 15 is 0 Å². The van der Waals surface area contributed by atoms with E-state index in [-0.39, 0.29) is 17.0 Å². The number of hydrogen-bond donors (Lipinski definition) is 0. The van der Waals surface area contributed by atoms with Gasteiger partial charge in [-0.15, -0.1) is 11.6 Å². The zero-order valence-corrected chi connectivity index (χ0v) is 9.37. The van der Waals surface area contributed by atoms with Crippen LogP contribution in [0.3, 0.4) is 0 Å². The maximum absolute atomic E-state index is 11.6. The first-order valence-electron chi connectivity index (χ1n) is 4.55. The maximum atomic E-state index is 11.6. The summed E-state index contributed by atoms with van der Waals surface area (Å²) < 4.78 is 0. The molecular weight excluding hydrogens is 237 g/mol. The Balaban J connectivity index is 2.25. The summed E-state index contributed by atoms with van der Waals surface area (Å²) in [5.41, 5.74) is 0. The molecule has 0 spiro atoms. The number of hydrogen-bond acceptors (Lipinski definition) is 3. The minimum atomic E-state index is 0.00282. The van der Waals surface area contributed by atoms with Crippen molar-refractivity contribution >= 4 is 34.9 Å². The van der Waals surface area contributed by atoms with Crippen LogP contribution in [0.1, 0.15) is 6.42 Å². The molecule has 1 aromatic heterocycles. The first-order chi connectivity index (χ1) is 7.22. The quantitative estimate of drug-likeness (QED) is 0.746. The van der Waals surface area contributed by atoms with Crippen molar-refractivity contribution in [3.05, 3.63) is 17.5 Å². The van der Waals surface area contributed by atoms with E-state index in [9.17, 15) is 4.79 Å². The first kappa shape index (κ1) is 10.6. The van der Waals surface area contributed by atoms with Crippen LogP contribution in [0.25, 0.3) is 0 Å². The molecule has 6 heteroatoms. The van der Waals surface area contributed by atoms with Crippen molar-refractivity contribution in [1.82, 2.24) is 9.97 Å². The van der Waals surface area contributed by atoms with Gasteiger partial charge in [0.25, 0.3) is 0 Å². The van der Waals surface area contributed by atoms with Crippen LogP contribution >= 0.6 is 23.2 Å². The van der Waals surface area contributed by atoms with Crippen LogP contribution in [-0.4, -0.2) is 28.3 Å². The van der Waals surface area contributed by atoms with Crippen molar-refractivity contribution in [2.24, 2.45) is 5.92 Å². The molecule has 2 heterocycles. The number of carbonyl (C=O) groups excluding carboxylic acids is 1. The van der Waals surface area contributed by atoms with Crippen molar-refractivity contribution in [3.8, 4) is 0 Å². The molecule has 2 rings (SSSR count). The van der Waals surface area contributed by atoms with Gasteiger partial charge in [-0.05, 0) is 5.92 Å². The molecule has 0 saturated carbocycles. The third-order valence-electron chi connectivity index (χ3n) is 2.31. The van der Waals surface area contributed by atoms with Crippen LogP contribution in [0.4, 0.5) is 5.82 Å². The molecule has 15 heavy (non-hydrogen) atoms. The number of anilines is 1. The summed E-state index contributed by atoms with van der Waals surface area (Å²) >= 11 is 11.6. The largest absolute Gasteiger partial charge is 0.294 e. The predicted molar refractivity (Wildman–Crippen MR) is 58.2 cm³/mol. The van der Waals surface area contributed by atoms with Crippen molar-refractivity contribution in [1.29, 1.82) is 0 Å². The van der Waals surface area contributed by atoms with Crippen LogP contribution in [0.5, 0.6) is 0 Å². The van der Waals surface area contributed by atoms with E-state index in [2.05, 4.69) is 9.97 Å². The van der Waals surface area contributed by atoms with E-state index in [0.717, 1.165) is 0 Å². The maximum Gasteiger partial charge on any atom is 0.228 e. The molecule has 0 radical (unpaired) electrons. The number of nitrogens with zero attached hydrogens (tertiary/aromatic N) is 3. The van der Waals surface area contributed by atoms with Gasteiger partial charge in [0.15, 0.2) is 11.0 Å². The zero-order chi connectivity index (χ0) is 10.8. The van der Waals surface area contributed by atoms with E-state index in [1.54, 1.807) is 4.90 Å². The summed E-state index contributed by atoms with van der Waals surface area (Å²) in [6, 6.07) is 0. The summed E-state index contributed by atoms with van der Waals surface area (Å²) in [6.07, 6.45) is 3.46. The lowest BCUT2D eigenvalue weighted by Crippen LogP contribution is -2.26. The van der Waals surface area contributed by atoms with Crippen molar-refractivity contribution in [3.63, 3.8) is 0 Å². The molecule has 1 aliphatic rings. The average Bonchev–Trinajstić information content (AvgIpc) is 2.60. The van der Waals surface area contributed by atoms with Gasteiger partial charge in [-0.3, -0.25) is 9.69 Å². The van der Waals surface area contributed by atoms with Gasteiger partial charge in [0.05, 0.1) is 0 Å². The molecular formula is C9H9Cl2N3O. The van der Waals surface area contributed by atoms with E-state index in [1.807, 2.05) is 0 Å². The van der Waals surface area contributed by atoms with Gasteiger partial charge >= 0.3 is 0 Å². The van der Waals surface area contributed by atoms with Gasteiger partial charge < -0.3 is 0 Å². The van der Waals surface area contributed by atoms with E-state index < -0.39 is 0 Å². The van der Waals surface area contributed by atoms with Crippen molar-refractivity contribution in [2.45, 2.75) is 6.42 Å². The molecule has 1 saturated heterocycles. The molecule has 1 amide bonds. The first-order valence-corrected chi connectivity index (χ1v) is 5.46. The van der Waals surface area contributed by atoms with E-state index in [1.165, 1.54) is 12.4 Å². The molecule has 1 fully saturated rings. The molecule has 0 aliphatic carbocycles. The Bertz CT molecular complexity index is 385. The van der Waals surface area contributed by atoms with Gasteiger partial charge in [0.2, 0.25) is 5.91 Å². The van der Waals surface area contributed by atoms with Gasteiger partial charge in [0, 0.05) is 31.2 Å². The Morgan fingerprint density at radius 3 is 2.80 bits per heavy atom. The molecule has 80 valence electrons. The van der Waals surface area contributed by atoms with Gasteiger partial charge in [-0.2, -0.15) is 0 Å². The summed E-state index contributed by atoms with van der Waals surface area (Å²) in [4.78, 5) is 21.1. The zero-order valence-electron chi connectivity index (χ0n) is 7.86. The van der Waals surface area contributed by atoms with E-state index in [0.29, 0.717) is 24.7 Å². The second kappa shape index (κ2) is 4.33. The lowest BCUT2D eigenvalue weighted by Gasteiger charge is -2.15. The molecule has 0 aromatic carbocycles. The van der Waals surface area contributed by atoms with Crippen LogP contribution < -0.4 is 4.90 Å². The molecule has 4 nitrogen and oxygen atoms in total. The second-order valence-electron chi connectivity index (χ2n) is 3.40. The van der Waals surface area contributed by atoms with Gasteiger partial charge in [-0.25, -0.2) is 9.97 Å². The number of amides is 1. The second-order valence-corrected chi connectivity index (χ2v) is 4.07. The number of aromatic nitrogens is 2. The fraction of sp³-hybridized carbons (Fsp3) is 0.444. The third kappa shape index (κ3) is 2.06. The monoisotopic (exact) mass is 245 g/mol. The smallest absolute Gasteiger partial charge is 0.228 e. The molecule has 0 N–H and O–H groups in total. The number of carbonyl (C=O) groups is 1. The van der Waals surface area contributed by atoms with Crippen molar-refractivity contribution in [2.75, 3.05) is 17.3 Å². The molecule has 1 atom stereocenters. The van der Waals surface area contributed by atoms with E-state index in [4.69, 9.17) is 23.2 Å². The fourth-order valence-corrected chi connectivity index (χ4v) is 2.00. The van der Waals surface area contributed by atoms with Crippen LogP contribution in [0, 0.1) is 5.92 Å². The predicted octanol–water partition coefficient (Wildman–Crippen LogP) is 1.72. The normalized spacial score (nSPS) is 21.1. The van der Waals surface area contributed by atoms with Crippen LogP contribution in [0.15, 0.2) is 12.4 Å². The summed E-state index contributed by atoms with van der Waals surface area (Å²) in [5.74, 6) is 1.08. The Hall–Kier alpha value is -0.870. The Morgan fingerprint density at radius 2 is 2.20 bits per heavy atom. The van der Waals surface area contributed by atoms with Gasteiger partial charge in [-0.1, -0.05) is 11.6 Å². The standard InChI is InChI=1S/C9H9Cl2N3O/c10-4-6-3-7(15)14(5-6)9-8(11)12-1-2-13-9/h1-2,6H,3-5H2. The minimum absolute atomic E-state index is 0.00282. The Labute approximate surface area is 97.2 Å². The Kier molecular flexibility index (Phi) is 3.07. The summed E-state index contributed by atoms with van der Waals surface area (Å²) in [5, 5.41) is 0.251. The number of rotatable bonds is 2. The summed E-state index contributed by atoms with van der Waals surface area (Å²) in [7, 11) is 0. The van der Waals surface area contributed by atoms with Crippen molar-refractivity contribution < 1.29 is 4.79 Å². The van der Waals surface area contributed by atoms with Crippen LogP contribution in [0.2, 0.25) is 5.15 Å². The highest BCUT2D eigenvalue weighted by Crippen LogP contribution is 2.27. The number of alkyl halides is 1. The molecule has 0 bridgehead atoms. The minimum Gasteiger partial charge on any atom is -0.294 e. The summed E-state index contributed by atoms with van der Waals surface area (Å²) in [6.45, 7) is 0.570. The van der Waals surface area contributed by atoms with Crippen LogP contribution in [-0.2, 0) is 4.79 Å². The SMILES string of the molecule is O=C1CC(CCl)CN1c1nccnc1Cl. The highest BCUT2D eigenvalue weighted by molar-refractivity contribution is 6.32. The third-order valence-corrected chi connectivity index (χ3v) is 3.02. The lowest BCUT2D eigenvalue weighted by atomic mass is 10.2. The highest BCUT2D eigenvalue weighted by atomic mass is 35.5. The fourth-order valence-electron chi connectivity index (χ4n) is 1.58. The molecule has 1 aromatic rings. The average molecular weight is 246 g/mol. The number of halogens is 2. The Morgan fingerprint density at radius 1 is 1.47 bits per heavy atom. The lowest BCUT2D eigenvalue weighted by molar-refractivity contribution is -0.117. The molecule has 1 aliphatic heterocycles. The van der Waals surface area contributed by atoms with Gasteiger partial charge in [0.1, 0.15) is 0 Å². The topological polar surface area (TPSA) is 46.1 Å². The highest BCUT2D eigenvalue weighted by Gasteiger charge is 2.32. The molecule has 1 unspecified atom stereocenters.